The van der Waals surface area contributed by atoms with Crippen LogP contribution in [0.1, 0.15) is 10.4 Å². The molecule has 0 bridgehead atoms. The Morgan fingerprint density at radius 3 is 2.35 bits per heavy atom. The van der Waals surface area contributed by atoms with Gasteiger partial charge in [-0.1, -0.05) is 15.9 Å². The number of carbonyl (C=O) groups is 1. The van der Waals surface area contributed by atoms with Gasteiger partial charge in [-0.05, 0) is 62.2 Å². The molecule has 0 amide bonds. The van der Waals surface area contributed by atoms with Crippen molar-refractivity contribution in [3.05, 3.63) is 55.1 Å². The third kappa shape index (κ3) is 3.21. The Morgan fingerprint density at radius 1 is 1.10 bits per heavy atom. The lowest BCUT2D eigenvalue weighted by atomic mass is 10.2. The number of benzene rings is 2. The van der Waals surface area contributed by atoms with Gasteiger partial charge in [0.1, 0.15) is 5.75 Å². The summed E-state index contributed by atoms with van der Waals surface area (Å²) in [6.45, 7) is 0. The zero-order valence-electron chi connectivity index (χ0n) is 9.66. The molecular weight excluding hydrogens is 463 g/mol. The van der Waals surface area contributed by atoms with Gasteiger partial charge in [-0.25, -0.2) is 9.18 Å². The van der Waals surface area contributed by atoms with E-state index in [0.717, 1.165) is 4.47 Å². The first-order chi connectivity index (χ1) is 9.40. The topological polar surface area (TPSA) is 46.5 Å². The molecule has 0 radical (unpaired) electrons. The molecule has 20 heavy (non-hydrogen) atoms. The predicted octanol–water partition coefficient (Wildman–Crippen LogP) is 5.60. The van der Waals surface area contributed by atoms with Crippen LogP contribution < -0.4 is 4.74 Å². The van der Waals surface area contributed by atoms with Crippen LogP contribution in [0.25, 0.3) is 0 Å². The van der Waals surface area contributed by atoms with E-state index in [-0.39, 0.29) is 15.8 Å². The Morgan fingerprint density at radius 2 is 1.75 bits per heavy atom. The fourth-order valence-corrected chi connectivity index (χ4v) is 3.08. The van der Waals surface area contributed by atoms with Gasteiger partial charge in [0, 0.05) is 4.47 Å². The lowest BCUT2D eigenvalue weighted by molar-refractivity contribution is 0.0695. The molecule has 0 atom stereocenters. The van der Waals surface area contributed by atoms with Crippen molar-refractivity contribution < 1.29 is 19.0 Å². The molecule has 0 fully saturated rings. The Bertz CT molecular complexity index is 689. The summed E-state index contributed by atoms with van der Waals surface area (Å²) in [7, 11) is 0. The van der Waals surface area contributed by atoms with Gasteiger partial charge in [0.2, 0.25) is 0 Å². The van der Waals surface area contributed by atoms with Crippen molar-refractivity contribution in [2.75, 3.05) is 0 Å². The molecule has 2 aromatic carbocycles. The van der Waals surface area contributed by atoms with Gasteiger partial charge in [-0.3, -0.25) is 0 Å². The van der Waals surface area contributed by atoms with Crippen molar-refractivity contribution in [1.29, 1.82) is 0 Å². The number of aromatic carboxylic acids is 1. The molecule has 3 nitrogen and oxygen atoms in total. The lowest BCUT2D eigenvalue weighted by Crippen LogP contribution is -2.00. The molecule has 2 aromatic rings. The van der Waals surface area contributed by atoms with Gasteiger partial charge in [0.15, 0.2) is 11.6 Å². The maximum absolute atomic E-state index is 14.1. The summed E-state index contributed by atoms with van der Waals surface area (Å²) in [6.07, 6.45) is 0. The minimum Gasteiger partial charge on any atom is -0.478 e. The highest BCUT2D eigenvalue weighted by molar-refractivity contribution is 9.11. The Labute approximate surface area is 139 Å². The minimum absolute atomic E-state index is 0.0649. The molecule has 0 aromatic heterocycles. The standard InChI is InChI=1S/C13H6Br3FO3/c14-6-1-3-9(8(15)5-6)20-10-4-2-7(13(18)19)11(16)12(10)17/h1-5H,(H,18,19). The van der Waals surface area contributed by atoms with Crippen molar-refractivity contribution in [1.82, 2.24) is 0 Å². The SMILES string of the molecule is O=C(O)c1ccc(Oc2ccc(Br)cc2Br)c(F)c1Br. The van der Waals surface area contributed by atoms with Crippen LogP contribution in [0.4, 0.5) is 4.39 Å². The van der Waals surface area contributed by atoms with Crippen LogP contribution in [0.15, 0.2) is 43.7 Å². The predicted molar refractivity (Wildman–Crippen MR) is 83.0 cm³/mol. The molecule has 0 spiro atoms. The summed E-state index contributed by atoms with van der Waals surface area (Å²) >= 11 is 9.52. The van der Waals surface area contributed by atoms with Gasteiger partial charge in [0.25, 0.3) is 0 Å². The molecule has 0 unspecified atom stereocenters. The van der Waals surface area contributed by atoms with Crippen LogP contribution >= 0.6 is 47.8 Å². The second-order valence-corrected chi connectivity index (χ2v) is 6.28. The molecule has 1 N–H and O–H groups in total. The Hall–Kier alpha value is -0.920. The minimum atomic E-state index is -1.22. The molecular formula is C13H6Br3FO3. The number of carboxylic acids is 1. The van der Waals surface area contributed by atoms with Crippen molar-refractivity contribution >= 4 is 53.8 Å². The average Bonchev–Trinajstić information content (AvgIpc) is 2.37. The van der Waals surface area contributed by atoms with Crippen LogP contribution in [-0.2, 0) is 0 Å². The maximum Gasteiger partial charge on any atom is 0.336 e. The summed E-state index contributed by atoms with van der Waals surface area (Å²) in [6, 6.07) is 7.72. The highest BCUT2D eigenvalue weighted by atomic mass is 79.9. The molecule has 0 heterocycles. The van der Waals surface area contributed by atoms with Crippen molar-refractivity contribution in [3.63, 3.8) is 0 Å². The van der Waals surface area contributed by atoms with Gasteiger partial charge in [-0.15, -0.1) is 0 Å². The number of ether oxygens (including phenoxy) is 1. The van der Waals surface area contributed by atoms with E-state index < -0.39 is 11.8 Å². The fourth-order valence-electron chi connectivity index (χ4n) is 1.45. The van der Waals surface area contributed by atoms with E-state index in [9.17, 15) is 9.18 Å². The van der Waals surface area contributed by atoms with Crippen LogP contribution in [0.2, 0.25) is 0 Å². The van der Waals surface area contributed by atoms with E-state index in [1.54, 1.807) is 18.2 Å². The highest BCUT2D eigenvalue weighted by Crippen LogP contribution is 2.35. The van der Waals surface area contributed by atoms with Crippen LogP contribution in [0.5, 0.6) is 11.5 Å². The summed E-state index contributed by atoms with van der Waals surface area (Å²) in [5.74, 6) is -1.63. The molecule has 0 aliphatic carbocycles. The van der Waals surface area contributed by atoms with E-state index >= 15 is 0 Å². The van der Waals surface area contributed by atoms with Crippen LogP contribution in [0.3, 0.4) is 0 Å². The molecule has 0 aliphatic rings. The first-order valence-corrected chi connectivity index (χ1v) is 7.62. The zero-order chi connectivity index (χ0) is 14.9. The second kappa shape index (κ2) is 6.24. The largest absolute Gasteiger partial charge is 0.478 e. The van der Waals surface area contributed by atoms with E-state index in [4.69, 9.17) is 9.84 Å². The average molecular weight is 469 g/mol. The number of halogens is 4. The first-order valence-electron chi connectivity index (χ1n) is 5.24. The second-order valence-electron chi connectivity index (χ2n) is 3.72. The van der Waals surface area contributed by atoms with E-state index in [2.05, 4.69) is 47.8 Å². The lowest BCUT2D eigenvalue weighted by Gasteiger charge is -2.10. The van der Waals surface area contributed by atoms with Gasteiger partial charge >= 0.3 is 5.97 Å². The van der Waals surface area contributed by atoms with E-state index in [1.165, 1.54) is 12.1 Å². The third-order valence-corrected chi connectivity index (χ3v) is 4.28. The van der Waals surface area contributed by atoms with E-state index in [0.29, 0.717) is 10.2 Å². The summed E-state index contributed by atoms with van der Waals surface area (Å²) < 4.78 is 20.9. The monoisotopic (exact) mass is 466 g/mol. The molecule has 2 rings (SSSR count). The van der Waals surface area contributed by atoms with Crippen molar-refractivity contribution in [2.24, 2.45) is 0 Å². The highest BCUT2D eigenvalue weighted by Gasteiger charge is 2.17. The Kier molecular flexibility index (Phi) is 4.82. The molecule has 104 valence electrons. The maximum atomic E-state index is 14.1. The first kappa shape index (κ1) is 15.5. The molecule has 7 heteroatoms. The number of hydrogen-bond donors (Lipinski definition) is 1. The molecule has 0 aliphatic heterocycles. The summed E-state index contributed by atoms with van der Waals surface area (Å²) in [5.41, 5.74) is -0.162. The quantitative estimate of drug-likeness (QED) is 0.637. The molecule has 0 saturated carbocycles. The van der Waals surface area contributed by atoms with Crippen LogP contribution in [-0.4, -0.2) is 11.1 Å². The van der Waals surface area contributed by atoms with Gasteiger partial charge in [-0.2, -0.15) is 0 Å². The van der Waals surface area contributed by atoms with Gasteiger partial charge in [0.05, 0.1) is 14.5 Å². The number of rotatable bonds is 3. The normalized spacial score (nSPS) is 10.4. The summed E-state index contributed by atoms with van der Waals surface area (Å²) in [5, 5.41) is 8.90. The van der Waals surface area contributed by atoms with Crippen molar-refractivity contribution in [3.8, 4) is 11.5 Å². The van der Waals surface area contributed by atoms with Gasteiger partial charge < -0.3 is 9.84 Å². The third-order valence-electron chi connectivity index (χ3n) is 2.39. The molecule has 0 saturated heterocycles. The zero-order valence-corrected chi connectivity index (χ0v) is 14.4. The number of carboxylic acid groups (broad SMARTS) is 1. The smallest absolute Gasteiger partial charge is 0.336 e. The number of hydrogen-bond acceptors (Lipinski definition) is 2. The van der Waals surface area contributed by atoms with Crippen LogP contribution in [0, 0.1) is 5.82 Å². The van der Waals surface area contributed by atoms with Crippen molar-refractivity contribution in [2.45, 2.75) is 0 Å². The summed E-state index contributed by atoms with van der Waals surface area (Å²) in [4.78, 5) is 10.9. The van der Waals surface area contributed by atoms with E-state index in [1.807, 2.05) is 0 Å². The fraction of sp³-hybridized carbons (Fsp3) is 0. The Balaban J connectivity index is 2.39.